The van der Waals surface area contributed by atoms with Gasteiger partial charge in [0.1, 0.15) is 12.6 Å². The first kappa shape index (κ1) is 18.2. The number of ether oxygens (including phenoxy) is 2. The predicted molar refractivity (Wildman–Crippen MR) is 86.0 cm³/mol. The van der Waals surface area contributed by atoms with E-state index in [9.17, 15) is 9.59 Å². The van der Waals surface area contributed by atoms with Crippen molar-refractivity contribution in [1.82, 2.24) is 0 Å². The fourth-order valence-corrected chi connectivity index (χ4v) is 2.59. The van der Waals surface area contributed by atoms with E-state index in [2.05, 4.69) is 0 Å². The molecule has 1 rings (SSSR count). The maximum Gasteiger partial charge on any atom is 0.328 e. The molecule has 5 nitrogen and oxygen atoms in total. The fourth-order valence-electron chi connectivity index (χ4n) is 2.59. The molecule has 122 valence electrons. The molecule has 0 spiro atoms. The number of esters is 1. The molecular weight excluding hydrogens is 282 g/mol. The van der Waals surface area contributed by atoms with Crippen molar-refractivity contribution in [3.05, 3.63) is 29.3 Å². The van der Waals surface area contributed by atoms with Gasteiger partial charge in [-0.05, 0) is 30.9 Å². The second-order valence-corrected chi connectivity index (χ2v) is 5.08. The normalized spacial score (nSPS) is 11.9. The van der Waals surface area contributed by atoms with Gasteiger partial charge in [-0.3, -0.25) is 9.69 Å². The van der Waals surface area contributed by atoms with Gasteiger partial charge in [-0.2, -0.15) is 0 Å². The fraction of sp³-hybridized carbons (Fsp3) is 0.529. The number of amides is 1. The number of methoxy groups -OCH3 is 2. The smallest absolute Gasteiger partial charge is 0.328 e. The number of carbonyl (C=O) groups excluding carboxylic acids is 2. The van der Waals surface area contributed by atoms with Crippen molar-refractivity contribution in [3.63, 3.8) is 0 Å². The lowest BCUT2D eigenvalue weighted by Crippen LogP contribution is -2.47. The van der Waals surface area contributed by atoms with Crippen LogP contribution in [0.5, 0.6) is 0 Å². The first-order chi connectivity index (χ1) is 10.5. The van der Waals surface area contributed by atoms with Crippen LogP contribution in [0.3, 0.4) is 0 Å². The van der Waals surface area contributed by atoms with Gasteiger partial charge in [0.25, 0.3) is 5.91 Å². The number of hydrogen-bond donors (Lipinski definition) is 0. The number of benzene rings is 1. The SMILES string of the molecule is CCc1cccc(C)c1N(C(=O)COC)C(CC)C(=O)OC. The highest BCUT2D eigenvalue weighted by Crippen LogP contribution is 2.29. The molecule has 0 bridgehead atoms. The Balaban J connectivity index is 3.44. The summed E-state index contributed by atoms with van der Waals surface area (Å²) in [6, 6.07) is 5.21. The number of para-hydroxylation sites is 1. The Morgan fingerprint density at radius 2 is 1.91 bits per heavy atom. The Bertz CT molecular complexity index is 527. The highest BCUT2D eigenvalue weighted by Gasteiger charge is 2.32. The molecule has 0 aromatic heterocycles. The van der Waals surface area contributed by atoms with Gasteiger partial charge < -0.3 is 9.47 Å². The first-order valence-electron chi connectivity index (χ1n) is 7.49. The minimum absolute atomic E-state index is 0.0784. The summed E-state index contributed by atoms with van der Waals surface area (Å²) in [7, 11) is 2.80. The maximum absolute atomic E-state index is 12.6. The standard InChI is InChI=1S/C17H25NO4/c1-6-13-10-8-9-12(3)16(13)18(15(19)11-21-4)14(7-2)17(20)22-5/h8-10,14H,6-7,11H2,1-5H3. The Morgan fingerprint density at radius 1 is 1.23 bits per heavy atom. The van der Waals surface area contributed by atoms with Crippen molar-refractivity contribution >= 4 is 17.6 Å². The highest BCUT2D eigenvalue weighted by atomic mass is 16.5. The number of aryl methyl sites for hydroxylation is 2. The monoisotopic (exact) mass is 307 g/mol. The summed E-state index contributed by atoms with van der Waals surface area (Å²) in [5.41, 5.74) is 2.75. The van der Waals surface area contributed by atoms with E-state index in [1.165, 1.54) is 19.1 Å². The molecule has 1 aromatic carbocycles. The third-order valence-electron chi connectivity index (χ3n) is 3.65. The summed E-state index contributed by atoms with van der Waals surface area (Å²) in [6.07, 6.45) is 1.24. The van der Waals surface area contributed by atoms with Crippen LogP contribution in [0.15, 0.2) is 18.2 Å². The Kier molecular flexibility index (Phi) is 7.05. The van der Waals surface area contributed by atoms with E-state index in [4.69, 9.17) is 9.47 Å². The van der Waals surface area contributed by atoms with E-state index in [1.54, 1.807) is 0 Å². The van der Waals surface area contributed by atoms with Gasteiger partial charge >= 0.3 is 5.97 Å². The lowest BCUT2D eigenvalue weighted by atomic mass is 10.0. The van der Waals surface area contributed by atoms with Crippen LogP contribution in [0.1, 0.15) is 31.4 Å². The predicted octanol–water partition coefficient (Wildman–Crippen LogP) is 2.49. The van der Waals surface area contributed by atoms with Crippen molar-refractivity contribution in [2.75, 3.05) is 25.7 Å². The first-order valence-corrected chi connectivity index (χ1v) is 7.49. The minimum Gasteiger partial charge on any atom is -0.467 e. The molecular formula is C17H25NO4. The van der Waals surface area contributed by atoms with E-state index >= 15 is 0 Å². The minimum atomic E-state index is -0.654. The summed E-state index contributed by atoms with van der Waals surface area (Å²) in [6.45, 7) is 5.74. The second-order valence-electron chi connectivity index (χ2n) is 5.08. The molecule has 0 radical (unpaired) electrons. The molecule has 1 unspecified atom stereocenters. The van der Waals surface area contributed by atoms with Crippen LogP contribution in [0, 0.1) is 6.92 Å². The third kappa shape index (κ3) is 3.85. The van der Waals surface area contributed by atoms with Crippen LogP contribution in [0.4, 0.5) is 5.69 Å². The largest absolute Gasteiger partial charge is 0.467 e. The van der Waals surface area contributed by atoms with E-state index in [0.717, 1.165) is 23.2 Å². The molecule has 0 aliphatic carbocycles. The lowest BCUT2D eigenvalue weighted by molar-refractivity contribution is -0.143. The number of rotatable bonds is 7. The second kappa shape index (κ2) is 8.54. The van der Waals surface area contributed by atoms with Crippen LogP contribution < -0.4 is 4.90 Å². The summed E-state index contributed by atoms with van der Waals surface area (Å²) < 4.78 is 9.86. The molecule has 0 fully saturated rings. The molecule has 1 amide bonds. The lowest BCUT2D eigenvalue weighted by Gasteiger charge is -2.32. The molecule has 1 aromatic rings. The van der Waals surface area contributed by atoms with Gasteiger partial charge in [0.2, 0.25) is 0 Å². The molecule has 1 atom stereocenters. The summed E-state index contributed by atoms with van der Waals surface area (Å²) in [5.74, 6) is -0.666. The number of hydrogen-bond acceptors (Lipinski definition) is 4. The van der Waals surface area contributed by atoms with Crippen LogP contribution in [0.2, 0.25) is 0 Å². The average molecular weight is 307 g/mol. The van der Waals surface area contributed by atoms with Crippen molar-refractivity contribution in [3.8, 4) is 0 Å². The maximum atomic E-state index is 12.6. The van der Waals surface area contributed by atoms with Gasteiger partial charge in [-0.25, -0.2) is 4.79 Å². The van der Waals surface area contributed by atoms with Gasteiger partial charge in [-0.15, -0.1) is 0 Å². The Morgan fingerprint density at radius 3 is 2.41 bits per heavy atom. The number of nitrogens with zero attached hydrogens (tertiary/aromatic N) is 1. The number of anilines is 1. The number of carbonyl (C=O) groups is 2. The topological polar surface area (TPSA) is 55.8 Å². The zero-order chi connectivity index (χ0) is 16.7. The van der Waals surface area contributed by atoms with Crippen molar-refractivity contribution in [2.45, 2.75) is 39.7 Å². The van der Waals surface area contributed by atoms with E-state index in [0.29, 0.717) is 6.42 Å². The molecule has 0 saturated heterocycles. The molecule has 0 heterocycles. The van der Waals surface area contributed by atoms with Crippen LogP contribution in [-0.4, -0.2) is 38.7 Å². The molecule has 0 N–H and O–H groups in total. The zero-order valence-corrected chi connectivity index (χ0v) is 14.0. The molecule has 0 aliphatic heterocycles. The van der Waals surface area contributed by atoms with E-state index < -0.39 is 12.0 Å². The van der Waals surface area contributed by atoms with Crippen molar-refractivity contribution in [1.29, 1.82) is 0 Å². The van der Waals surface area contributed by atoms with Crippen LogP contribution >= 0.6 is 0 Å². The van der Waals surface area contributed by atoms with Gasteiger partial charge in [-0.1, -0.05) is 32.0 Å². The summed E-state index contributed by atoms with van der Waals surface area (Å²) >= 11 is 0. The van der Waals surface area contributed by atoms with Crippen LogP contribution in [-0.2, 0) is 25.5 Å². The Hall–Kier alpha value is -1.88. The van der Waals surface area contributed by atoms with E-state index in [-0.39, 0.29) is 12.5 Å². The third-order valence-corrected chi connectivity index (χ3v) is 3.65. The van der Waals surface area contributed by atoms with Crippen molar-refractivity contribution in [2.24, 2.45) is 0 Å². The average Bonchev–Trinajstić information content (AvgIpc) is 2.52. The van der Waals surface area contributed by atoms with Gasteiger partial charge in [0.15, 0.2) is 0 Å². The highest BCUT2D eigenvalue weighted by molar-refractivity contribution is 6.01. The quantitative estimate of drug-likeness (QED) is 0.726. The van der Waals surface area contributed by atoms with E-state index in [1.807, 2.05) is 39.0 Å². The van der Waals surface area contributed by atoms with Crippen molar-refractivity contribution < 1.29 is 19.1 Å². The van der Waals surface area contributed by atoms with Gasteiger partial charge in [0.05, 0.1) is 12.8 Å². The molecule has 0 aliphatic rings. The molecule has 22 heavy (non-hydrogen) atoms. The zero-order valence-electron chi connectivity index (χ0n) is 14.0. The van der Waals surface area contributed by atoms with Crippen LogP contribution in [0.25, 0.3) is 0 Å². The summed E-state index contributed by atoms with van der Waals surface area (Å²) in [4.78, 5) is 26.2. The summed E-state index contributed by atoms with van der Waals surface area (Å²) in [5, 5.41) is 0. The molecule has 0 saturated carbocycles. The molecule has 5 heteroatoms. The van der Waals surface area contributed by atoms with Gasteiger partial charge in [0, 0.05) is 7.11 Å². The Labute approximate surface area is 132 Å².